The zero-order valence-corrected chi connectivity index (χ0v) is 10.0. The fourth-order valence-corrected chi connectivity index (χ4v) is 1.63. The van der Waals surface area contributed by atoms with Gasteiger partial charge in [-0.25, -0.2) is 13.8 Å². The van der Waals surface area contributed by atoms with Crippen molar-refractivity contribution in [1.82, 2.24) is 10.3 Å². The highest BCUT2D eigenvalue weighted by Gasteiger charge is 2.08. The van der Waals surface area contributed by atoms with E-state index in [1.54, 1.807) is 0 Å². The van der Waals surface area contributed by atoms with Gasteiger partial charge in [0.05, 0.1) is 6.20 Å². The van der Waals surface area contributed by atoms with Gasteiger partial charge < -0.3 is 9.73 Å². The van der Waals surface area contributed by atoms with Gasteiger partial charge in [0.15, 0.2) is 11.7 Å². The molecule has 1 heterocycles. The largest absolute Gasteiger partial charge is 0.441 e. The summed E-state index contributed by atoms with van der Waals surface area (Å²) in [5, 5.41) is 3.14. The van der Waals surface area contributed by atoms with Crippen LogP contribution in [0.2, 0.25) is 0 Å². The highest BCUT2D eigenvalue weighted by atomic mass is 19.1. The Labute approximate surface area is 104 Å². The molecule has 5 heteroatoms. The predicted octanol–water partition coefficient (Wildman–Crippen LogP) is 2.77. The Bertz CT molecular complexity index is 505. The normalized spacial score (nSPS) is 10.8. The Balaban J connectivity index is 2.13. The lowest BCUT2D eigenvalue weighted by Crippen LogP contribution is -2.16. The third-order valence-electron chi connectivity index (χ3n) is 2.47. The summed E-state index contributed by atoms with van der Waals surface area (Å²) in [6.45, 7) is 3.65. The Morgan fingerprint density at radius 1 is 1.22 bits per heavy atom. The molecule has 1 aromatic heterocycles. The molecule has 3 nitrogen and oxygen atoms in total. The maximum atomic E-state index is 13.1. The molecule has 0 amide bonds. The summed E-state index contributed by atoms with van der Waals surface area (Å²) in [6, 6.07) is 3.27. The van der Waals surface area contributed by atoms with Crippen LogP contribution < -0.4 is 5.32 Å². The van der Waals surface area contributed by atoms with Gasteiger partial charge in [-0.2, -0.15) is 0 Å². The molecule has 0 fully saturated rings. The summed E-state index contributed by atoms with van der Waals surface area (Å²) in [5.74, 6) is -0.332. The van der Waals surface area contributed by atoms with Gasteiger partial charge in [-0.15, -0.1) is 0 Å². The van der Waals surface area contributed by atoms with Crippen LogP contribution in [0.25, 0.3) is 11.3 Å². The van der Waals surface area contributed by atoms with Crippen LogP contribution in [-0.4, -0.2) is 18.1 Å². The van der Waals surface area contributed by atoms with E-state index in [4.69, 9.17) is 4.42 Å². The number of aromatic nitrogens is 1. The Morgan fingerprint density at radius 2 is 1.94 bits per heavy atom. The highest BCUT2D eigenvalue weighted by Crippen LogP contribution is 2.22. The minimum Gasteiger partial charge on any atom is -0.441 e. The number of hydrogen-bond acceptors (Lipinski definition) is 3. The molecule has 1 aromatic carbocycles. The van der Waals surface area contributed by atoms with Gasteiger partial charge >= 0.3 is 0 Å². The molecule has 0 aliphatic rings. The molecular formula is C13H14F2N2O. The molecule has 0 spiro atoms. The second kappa shape index (κ2) is 5.73. The van der Waals surface area contributed by atoms with Gasteiger partial charge in [0.1, 0.15) is 11.6 Å². The van der Waals surface area contributed by atoms with Crippen molar-refractivity contribution in [3.05, 3.63) is 41.9 Å². The fourth-order valence-electron chi connectivity index (χ4n) is 1.63. The number of nitrogens with zero attached hydrogens (tertiary/aromatic N) is 1. The van der Waals surface area contributed by atoms with Crippen LogP contribution in [0.15, 0.2) is 28.8 Å². The first kappa shape index (κ1) is 12.7. The molecule has 0 unspecified atom stereocenters. The standard InChI is InChI=1S/C13H14F2N2O/c1-2-16-4-3-13-17-8-12(18-13)9-5-10(14)7-11(15)6-9/h5-8,16H,2-4H2,1H3. The van der Waals surface area contributed by atoms with Crippen molar-refractivity contribution in [2.45, 2.75) is 13.3 Å². The van der Waals surface area contributed by atoms with Gasteiger partial charge in [0.2, 0.25) is 0 Å². The summed E-state index contributed by atoms with van der Waals surface area (Å²) in [4.78, 5) is 4.07. The van der Waals surface area contributed by atoms with E-state index in [0.717, 1.165) is 19.2 Å². The maximum absolute atomic E-state index is 13.1. The lowest BCUT2D eigenvalue weighted by molar-refractivity contribution is 0.496. The lowest BCUT2D eigenvalue weighted by atomic mass is 10.2. The van der Waals surface area contributed by atoms with E-state index in [-0.39, 0.29) is 0 Å². The lowest BCUT2D eigenvalue weighted by Gasteiger charge is -1.98. The molecule has 1 N–H and O–H groups in total. The van der Waals surface area contributed by atoms with E-state index in [9.17, 15) is 8.78 Å². The number of nitrogens with one attached hydrogen (secondary N) is 1. The Kier molecular flexibility index (Phi) is 4.04. The third-order valence-corrected chi connectivity index (χ3v) is 2.47. The first-order valence-corrected chi connectivity index (χ1v) is 5.81. The molecule has 0 atom stereocenters. The summed E-state index contributed by atoms with van der Waals surface area (Å²) in [6.07, 6.45) is 2.13. The second-order valence-corrected chi connectivity index (χ2v) is 3.88. The molecule has 0 aliphatic carbocycles. The van der Waals surface area contributed by atoms with Crippen molar-refractivity contribution in [3.8, 4) is 11.3 Å². The zero-order chi connectivity index (χ0) is 13.0. The van der Waals surface area contributed by atoms with Crippen molar-refractivity contribution in [2.75, 3.05) is 13.1 Å². The van der Waals surface area contributed by atoms with E-state index in [1.165, 1.54) is 18.3 Å². The number of likely N-dealkylation sites (N-methyl/N-ethyl adjacent to an activating group) is 1. The second-order valence-electron chi connectivity index (χ2n) is 3.88. The first-order valence-electron chi connectivity index (χ1n) is 5.81. The minimum absolute atomic E-state index is 0.356. The van der Waals surface area contributed by atoms with Crippen LogP contribution in [0.4, 0.5) is 8.78 Å². The van der Waals surface area contributed by atoms with Crippen molar-refractivity contribution >= 4 is 0 Å². The first-order chi connectivity index (χ1) is 8.69. The van der Waals surface area contributed by atoms with Crippen LogP contribution in [0, 0.1) is 11.6 Å². The van der Waals surface area contributed by atoms with E-state index in [0.29, 0.717) is 23.6 Å². The van der Waals surface area contributed by atoms with Crippen LogP contribution >= 0.6 is 0 Å². The van der Waals surface area contributed by atoms with Crippen molar-refractivity contribution in [3.63, 3.8) is 0 Å². The SMILES string of the molecule is CCNCCc1ncc(-c2cc(F)cc(F)c2)o1. The average molecular weight is 252 g/mol. The molecule has 2 rings (SSSR count). The summed E-state index contributed by atoms with van der Waals surface area (Å²) in [7, 11) is 0. The summed E-state index contributed by atoms with van der Waals surface area (Å²) in [5.41, 5.74) is 0.356. The van der Waals surface area contributed by atoms with E-state index in [2.05, 4.69) is 10.3 Å². The number of halogens is 2. The molecule has 0 bridgehead atoms. The van der Waals surface area contributed by atoms with E-state index < -0.39 is 11.6 Å². The van der Waals surface area contributed by atoms with Crippen LogP contribution in [-0.2, 0) is 6.42 Å². The molecule has 96 valence electrons. The molecule has 0 saturated heterocycles. The van der Waals surface area contributed by atoms with Gasteiger partial charge in [-0.3, -0.25) is 0 Å². The number of rotatable bonds is 5. The average Bonchev–Trinajstić information content (AvgIpc) is 2.77. The smallest absolute Gasteiger partial charge is 0.196 e. The Morgan fingerprint density at radius 3 is 2.61 bits per heavy atom. The number of benzene rings is 1. The van der Waals surface area contributed by atoms with Crippen LogP contribution in [0.5, 0.6) is 0 Å². The monoisotopic (exact) mass is 252 g/mol. The number of oxazole rings is 1. The zero-order valence-electron chi connectivity index (χ0n) is 10.0. The third kappa shape index (κ3) is 3.13. The van der Waals surface area contributed by atoms with E-state index in [1.807, 2.05) is 6.92 Å². The molecule has 2 aromatic rings. The van der Waals surface area contributed by atoms with Gasteiger partial charge in [-0.05, 0) is 18.7 Å². The number of hydrogen-bond donors (Lipinski definition) is 1. The van der Waals surface area contributed by atoms with Gasteiger partial charge in [0, 0.05) is 24.6 Å². The topological polar surface area (TPSA) is 38.1 Å². The Hall–Kier alpha value is -1.75. The van der Waals surface area contributed by atoms with Gasteiger partial charge in [0.25, 0.3) is 0 Å². The molecule has 0 aliphatic heterocycles. The van der Waals surface area contributed by atoms with E-state index >= 15 is 0 Å². The van der Waals surface area contributed by atoms with Crippen molar-refractivity contribution < 1.29 is 13.2 Å². The molecule has 18 heavy (non-hydrogen) atoms. The highest BCUT2D eigenvalue weighted by molar-refractivity contribution is 5.56. The van der Waals surface area contributed by atoms with Crippen molar-refractivity contribution in [1.29, 1.82) is 0 Å². The molecule has 0 radical (unpaired) electrons. The minimum atomic E-state index is -0.629. The molecular weight excluding hydrogens is 238 g/mol. The fraction of sp³-hybridized carbons (Fsp3) is 0.308. The summed E-state index contributed by atoms with van der Waals surface area (Å²) >= 11 is 0. The molecule has 0 saturated carbocycles. The van der Waals surface area contributed by atoms with Crippen LogP contribution in [0.1, 0.15) is 12.8 Å². The van der Waals surface area contributed by atoms with Gasteiger partial charge in [-0.1, -0.05) is 6.92 Å². The maximum Gasteiger partial charge on any atom is 0.196 e. The predicted molar refractivity (Wildman–Crippen MR) is 64.1 cm³/mol. The van der Waals surface area contributed by atoms with Crippen molar-refractivity contribution in [2.24, 2.45) is 0 Å². The van der Waals surface area contributed by atoms with Crippen LogP contribution in [0.3, 0.4) is 0 Å². The quantitative estimate of drug-likeness (QED) is 0.831. The summed E-state index contributed by atoms with van der Waals surface area (Å²) < 4.78 is 31.6.